The van der Waals surface area contributed by atoms with Crippen molar-refractivity contribution in [2.24, 2.45) is 17.8 Å². The van der Waals surface area contributed by atoms with Crippen molar-refractivity contribution in [2.45, 2.75) is 44.4 Å². The fraction of sp³-hybridized carbons (Fsp3) is 0.333. The van der Waals surface area contributed by atoms with Crippen LogP contribution in [0.3, 0.4) is 0 Å². The number of para-hydroxylation sites is 1. The zero-order valence-corrected chi connectivity index (χ0v) is 31.2. The van der Waals surface area contributed by atoms with Gasteiger partial charge in [0.1, 0.15) is 10.5 Å². The Kier molecular flexibility index (Phi) is 9.91. The van der Waals surface area contributed by atoms with E-state index < -0.39 is 16.0 Å². The summed E-state index contributed by atoms with van der Waals surface area (Å²) >= 11 is 5.00. The normalized spacial score (nSPS) is 18.8. The quantitative estimate of drug-likeness (QED) is 0.125. The van der Waals surface area contributed by atoms with Gasteiger partial charge < -0.3 is 14.1 Å². The van der Waals surface area contributed by atoms with Gasteiger partial charge in [-0.2, -0.15) is 0 Å². The number of fused-ring (bicyclic) bond motifs is 3. The Morgan fingerprint density at radius 3 is 2.56 bits per heavy atom. The molecule has 3 aromatic carbocycles. The number of likely N-dealkylation sites (tertiary alicyclic amines) is 1. The molecule has 0 N–H and O–H groups in total. The van der Waals surface area contributed by atoms with Crippen LogP contribution in [-0.2, 0) is 27.6 Å². The van der Waals surface area contributed by atoms with Gasteiger partial charge in [0.15, 0.2) is 0 Å². The Hall–Kier alpha value is -3.93. The van der Waals surface area contributed by atoms with Crippen molar-refractivity contribution in [1.29, 1.82) is 0 Å². The molecule has 2 fully saturated rings. The van der Waals surface area contributed by atoms with E-state index in [2.05, 4.69) is 15.9 Å². The molecule has 8 nitrogen and oxygen atoms in total. The summed E-state index contributed by atoms with van der Waals surface area (Å²) in [6.45, 7) is 5.37. The van der Waals surface area contributed by atoms with Gasteiger partial charge in [-0.15, -0.1) is 11.3 Å². The molecule has 0 spiro atoms. The van der Waals surface area contributed by atoms with Gasteiger partial charge >= 0.3 is 5.97 Å². The van der Waals surface area contributed by atoms with E-state index in [1.165, 1.54) is 11.3 Å². The van der Waals surface area contributed by atoms with E-state index in [0.717, 1.165) is 46.3 Å². The van der Waals surface area contributed by atoms with Crippen molar-refractivity contribution < 1.29 is 27.2 Å². The molecule has 7 rings (SSSR count). The van der Waals surface area contributed by atoms with Crippen LogP contribution in [0.1, 0.15) is 56.7 Å². The summed E-state index contributed by atoms with van der Waals surface area (Å²) in [6.07, 6.45) is 3.33. The monoisotopic (exact) mass is 774 g/mol. The maximum Gasteiger partial charge on any atom is 0.374 e. The number of aryl methyl sites for hydroxylation is 1. The van der Waals surface area contributed by atoms with Crippen molar-refractivity contribution in [1.82, 2.24) is 4.90 Å². The average Bonchev–Trinajstić information content (AvgIpc) is 3.78. The molecule has 1 aliphatic carbocycles. The van der Waals surface area contributed by atoms with E-state index in [9.17, 15) is 18.0 Å². The molecule has 5 aromatic rings. The minimum atomic E-state index is -4.06. The first-order valence-electron chi connectivity index (χ1n) is 17.0. The summed E-state index contributed by atoms with van der Waals surface area (Å²) in [6, 6.07) is 24.4. The number of anilines is 1. The van der Waals surface area contributed by atoms with Crippen LogP contribution in [0.5, 0.6) is 0 Å². The number of benzene rings is 3. The number of amides is 1. The first-order valence-corrected chi connectivity index (χ1v) is 20.1. The second-order valence-electron chi connectivity index (χ2n) is 13.2. The SMILES string of the molecule is CCOC(=O)c1oc2ccc(S(=O)(=O)N(CCc3ccccc3)c3ccccc3CC3C[C@H]4CC3CN(C(=O)c3sccc3Br)C4)cc2c1C. The van der Waals surface area contributed by atoms with Crippen molar-refractivity contribution in [2.75, 3.05) is 30.5 Å². The van der Waals surface area contributed by atoms with Gasteiger partial charge in [-0.3, -0.25) is 9.10 Å². The van der Waals surface area contributed by atoms with Crippen LogP contribution >= 0.6 is 27.3 Å². The summed E-state index contributed by atoms with van der Waals surface area (Å²) in [5, 5.41) is 2.49. The number of nitrogens with zero attached hydrogens (tertiary/aromatic N) is 2. The van der Waals surface area contributed by atoms with E-state index in [-0.39, 0.29) is 29.7 Å². The minimum Gasteiger partial charge on any atom is -0.460 e. The van der Waals surface area contributed by atoms with Gasteiger partial charge in [-0.05, 0) is 120 Å². The maximum atomic E-state index is 14.7. The van der Waals surface area contributed by atoms with Gasteiger partial charge in [0.25, 0.3) is 15.9 Å². The van der Waals surface area contributed by atoms with E-state index in [1.54, 1.807) is 36.4 Å². The minimum absolute atomic E-state index is 0.0766. The topological polar surface area (TPSA) is 97.1 Å². The highest BCUT2D eigenvalue weighted by molar-refractivity contribution is 9.10. The summed E-state index contributed by atoms with van der Waals surface area (Å²) in [5.74, 6) is 0.686. The van der Waals surface area contributed by atoms with Crippen LogP contribution in [0.4, 0.5) is 5.69 Å². The Morgan fingerprint density at radius 2 is 1.80 bits per heavy atom. The number of hydrogen-bond acceptors (Lipinski definition) is 7. The molecular formula is C39H39BrN2O6S2. The van der Waals surface area contributed by atoms with E-state index >= 15 is 0 Å². The lowest BCUT2D eigenvalue weighted by molar-refractivity contribution is 0.0491. The number of thiophene rings is 1. The zero-order valence-electron chi connectivity index (χ0n) is 28.0. The molecule has 2 aromatic heterocycles. The highest BCUT2D eigenvalue weighted by Gasteiger charge is 2.42. The van der Waals surface area contributed by atoms with Crippen LogP contribution in [0.15, 0.2) is 98.0 Å². The van der Waals surface area contributed by atoms with Crippen LogP contribution in [0.2, 0.25) is 0 Å². The molecule has 0 radical (unpaired) electrons. The Morgan fingerprint density at radius 1 is 1.02 bits per heavy atom. The summed E-state index contributed by atoms with van der Waals surface area (Å²) in [7, 11) is -4.06. The number of ether oxygens (including phenoxy) is 1. The first kappa shape index (κ1) is 34.5. The Bertz CT molecular complexity index is 2140. The molecular weight excluding hydrogens is 736 g/mol. The molecule has 1 aliphatic heterocycles. The second-order valence-corrected chi connectivity index (χ2v) is 16.9. The van der Waals surface area contributed by atoms with Gasteiger partial charge in [0.2, 0.25) is 5.76 Å². The third kappa shape index (κ3) is 6.75. The number of rotatable bonds is 11. The van der Waals surface area contributed by atoms with Crippen molar-refractivity contribution >= 4 is 65.8 Å². The molecule has 260 valence electrons. The molecule has 2 bridgehead atoms. The number of halogens is 1. The molecule has 50 heavy (non-hydrogen) atoms. The highest BCUT2D eigenvalue weighted by atomic mass is 79.9. The third-order valence-corrected chi connectivity index (χ3v) is 13.8. The van der Waals surface area contributed by atoms with Crippen LogP contribution in [0.25, 0.3) is 11.0 Å². The van der Waals surface area contributed by atoms with E-state index in [0.29, 0.717) is 52.9 Å². The lowest BCUT2D eigenvalue weighted by atomic mass is 9.88. The fourth-order valence-electron chi connectivity index (χ4n) is 7.72. The molecule has 1 saturated carbocycles. The molecule has 3 atom stereocenters. The van der Waals surface area contributed by atoms with Crippen molar-refractivity contribution in [3.05, 3.63) is 116 Å². The van der Waals surface area contributed by atoms with Crippen LogP contribution < -0.4 is 4.31 Å². The van der Waals surface area contributed by atoms with Crippen molar-refractivity contribution in [3.8, 4) is 0 Å². The van der Waals surface area contributed by atoms with Crippen LogP contribution in [-0.4, -0.2) is 51.4 Å². The Balaban J connectivity index is 1.20. The fourth-order valence-corrected chi connectivity index (χ4v) is 10.8. The Labute approximate surface area is 305 Å². The number of sulfonamides is 1. The van der Waals surface area contributed by atoms with Gasteiger partial charge in [0.05, 0.1) is 17.2 Å². The molecule has 11 heteroatoms. The first-order chi connectivity index (χ1) is 24.1. The predicted octanol–water partition coefficient (Wildman–Crippen LogP) is 8.52. The molecule has 1 saturated heterocycles. The lowest BCUT2D eigenvalue weighted by Gasteiger charge is -2.33. The predicted molar refractivity (Wildman–Crippen MR) is 199 cm³/mol. The maximum absolute atomic E-state index is 14.7. The number of hydrogen-bond donors (Lipinski definition) is 0. The number of carbonyl (C=O) groups excluding carboxylic acids is 2. The number of furan rings is 1. The summed E-state index contributed by atoms with van der Waals surface area (Å²) in [5.41, 5.74) is 3.64. The smallest absolute Gasteiger partial charge is 0.374 e. The molecule has 3 heterocycles. The summed E-state index contributed by atoms with van der Waals surface area (Å²) < 4.78 is 42.8. The van der Waals surface area contributed by atoms with E-state index in [4.69, 9.17) is 9.15 Å². The van der Waals surface area contributed by atoms with E-state index in [1.807, 2.05) is 70.9 Å². The van der Waals surface area contributed by atoms with Gasteiger partial charge in [-0.1, -0.05) is 48.5 Å². The largest absolute Gasteiger partial charge is 0.460 e. The second kappa shape index (κ2) is 14.4. The number of carbonyl (C=O) groups is 2. The third-order valence-electron chi connectivity index (χ3n) is 10.1. The number of esters is 1. The molecule has 1 amide bonds. The number of piperidine rings is 1. The molecule has 2 unspecified atom stereocenters. The highest BCUT2D eigenvalue weighted by Crippen LogP contribution is 2.45. The average molecular weight is 776 g/mol. The molecule has 2 aliphatic rings. The van der Waals surface area contributed by atoms with Gasteiger partial charge in [-0.25, -0.2) is 13.2 Å². The van der Waals surface area contributed by atoms with Crippen molar-refractivity contribution in [3.63, 3.8) is 0 Å². The lowest BCUT2D eigenvalue weighted by Crippen LogP contribution is -2.41. The van der Waals surface area contributed by atoms with Crippen LogP contribution in [0, 0.1) is 24.7 Å². The summed E-state index contributed by atoms with van der Waals surface area (Å²) in [4.78, 5) is 28.8. The standard InChI is InChI=1S/C39H39BrN2O6S2/c1-3-47-39(44)36-25(2)32-22-31(13-14-35(32)48-36)50(45,46)42(17-15-26-9-5-4-6-10-26)34-12-8-7-11-28(34)21-29-19-27-20-30(29)24-41(23-27)38(43)37-33(40)16-18-49-37/h4-14,16,18,22,27,29-30H,3,15,17,19-21,23-24H2,1-2H3/t27-,29?,30?/m0/s1. The zero-order chi connectivity index (χ0) is 35.0. The van der Waals surface area contributed by atoms with Gasteiger partial charge in [0, 0.05) is 35.1 Å².